The van der Waals surface area contributed by atoms with Crippen molar-refractivity contribution in [2.45, 2.75) is 83.8 Å². The predicted molar refractivity (Wildman–Crippen MR) is 91.3 cm³/mol. The Morgan fingerprint density at radius 1 is 1.29 bits per heavy atom. The Labute approximate surface area is 133 Å². The molecule has 1 aliphatic carbocycles. The van der Waals surface area contributed by atoms with Crippen molar-refractivity contribution in [2.75, 3.05) is 11.4 Å². The number of nitrogens with one attached hydrogen (secondary N) is 1. The summed E-state index contributed by atoms with van der Waals surface area (Å²) in [6, 6.07) is 1.46. The maximum atomic E-state index is 5.06. The highest BCUT2D eigenvalue weighted by atomic mass is 32.1. The smallest absolute Gasteiger partial charge is 0.186 e. The summed E-state index contributed by atoms with van der Waals surface area (Å²) in [5.41, 5.74) is 1.44. The number of hydrogen-bond donors (Lipinski definition) is 1. The molecule has 3 nitrogen and oxygen atoms in total. The molecule has 1 saturated carbocycles. The van der Waals surface area contributed by atoms with E-state index in [-0.39, 0.29) is 5.41 Å². The SMILES string of the molecule is CCC1CCCN1c1nc(C(C)(C)C)c(CNC2CC2)s1. The van der Waals surface area contributed by atoms with E-state index in [0.29, 0.717) is 6.04 Å². The second-order valence-electron chi connectivity index (χ2n) is 7.57. The Morgan fingerprint density at radius 2 is 2.05 bits per heavy atom. The summed E-state index contributed by atoms with van der Waals surface area (Å²) in [5.74, 6) is 0. The Hall–Kier alpha value is -0.610. The molecule has 21 heavy (non-hydrogen) atoms. The average Bonchev–Trinajstić information content (AvgIpc) is 2.97. The van der Waals surface area contributed by atoms with E-state index in [2.05, 4.69) is 37.9 Å². The summed E-state index contributed by atoms with van der Waals surface area (Å²) in [5, 5.41) is 4.93. The van der Waals surface area contributed by atoms with Crippen LogP contribution in [0.25, 0.3) is 0 Å². The highest BCUT2D eigenvalue weighted by Gasteiger charge is 2.30. The lowest BCUT2D eigenvalue weighted by molar-refractivity contribution is 0.557. The molecule has 2 aliphatic rings. The zero-order valence-electron chi connectivity index (χ0n) is 13.9. The molecule has 1 aromatic rings. The maximum absolute atomic E-state index is 5.06. The molecule has 0 radical (unpaired) electrons. The molecular weight excluding hydrogens is 278 g/mol. The number of thiazole rings is 1. The van der Waals surface area contributed by atoms with Crippen LogP contribution in [0.2, 0.25) is 0 Å². The number of aromatic nitrogens is 1. The van der Waals surface area contributed by atoms with Crippen molar-refractivity contribution in [1.29, 1.82) is 0 Å². The zero-order chi connectivity index (χ0) is 15.0. The van der Waals surface area contributed by atoms with Crippen LogP contribution in [0.4, 0.5) is 5.13 Å². The van der Waals surface area contributed by atoms with E-state index < -0.39 is 0 Å². The molecule has 0 bridgehead atoms. The number of nitrogens with zero attached hydrogens (tertiary/aromatic N) is 2. The van der Waals surface area contributed by atoms with Crippen LogP contribution in [0.3, 0.4) is 0 Å². The molecule has 1 aromatic heterocycles. The van der Waals surface area contributed by atoms with Gasteiger partial charge in [-0.25, -0.2) is 4.98 Å². The van der Waals surface area contributed by atoms with Crippen molar-refractivity contribution in [3.8, 4) is 0 Å². The third-order valence-corrected chi connectivity index (χ3v) is 5.71. The van der Waals surface area contributed by atoms with E-state index in [1.807, 2.05) is 11.3 Å². The summed E-state index contributed by atoms with van der Waals surface area (Å²) in [6.45, 7) is 11.3. The molecule has 1 N–H and O–H groups in total. The van der Waals surface area contributed by atoms with Gasteiger partial charge < -0.3 is 10.2 Å². The normalized spacial score (nSPS) is 23.0. The van der Waals surface area contributed by atoms with E-state index in [1.165, 1.54) is 54.4 Å². The van der Waals surface area contributed by atoms with E-state index >= 15 is 0 Å². The van der Waals surface area contributed by atoms with Gasteiger partial charge in [0.25, 0.3) is 0 Å². The summed E-state index contributed by atoms with van der Waals surface area (Å²) >= 11 is 1.92. The Morgan fingerprint density at radius 3 is 2.67 bits per heavy atom. The maximum Gasteiger partial charge on any atom is 0.186 e. The third-order valence-electron chi connectivity index (χ3n) is 4.62. The number of anilines is 1. The molecule has 2 heterocycles. The summed E-state index contributed by atoms with van der Waals surface area (Å²) in [7, 11) is 0. The molecule has 3 rings (SSSR count). The van der Waals surface area contributed by atoms with Gasteiger partial charge in [-0.3, -0.25) is 0 Å². The first-order valence-corrected chi connectivity index (χ1v) is 9.31. The van der Waals surface area contributed by atoms with Crippen molar-refractivity contribution in [2.24, 2.45) is 0 Å². The monoisotopic (exact) mass is 307 g/mol. The van der Waals surface area contributed by atoms with Crippen molar-refractivity contribution in [1.82, 2.24) is 10.3 Å². The fraction of sp³-hybridized carbons (Fsp3) is 0.824. The van der Waals surface area contributed by atoms with E-state index in [4.69, 9.17) is 4.98 Å². The minimum atomic E-state index is 0.136. The van der Waals surface area contributed by atoms with E-state index in [1.54, 1.807) is 0 Å². The van der Waals surface area contributed by atoms with Gasteiger partial charge in [0.05, 0.1) is 5.69 Å². The molecule has 4 heteroatoms. The van der Waals surface area contributed by atoms with Crippen molar-refractivity contribution in [3.63, 3.8) is 0 Å². The summed E-state index contributed by atoms with van der Waals surface area (Å²) in [4.78, 5) is 9.07. The molecule has 1 aliphatic heterocycles. The van der Waals surface area contributed by atoms with Gasteiger partial charge in [-0.05, 0) is 32.1 Å². The highest BCUT2D eigenvalue weighted by molar-refractivity contribution is 7.15. The van der Waals surface area contributed by atoms with Crippen molar-refractivity contribution >= 4 is 16.5 Å². The number of rotatable bonds is 5. The lowest BCUT2D eigenvalue weighted by Crippen LogP contribution is -2.28. The van der Waals surface area contributed by atoms with Crippen molar-refractivity contribution in [3.05, 3.63) is 10.6 Å². The fourth-order valence-corrected chi connectivity index (χ4v) is 4.52. The Bertz CT molecular complexity index is 485. The topological polar surface area (TPSA) is 28.2 Å². The minimum absolute atomic E-state index is 0.136. The predicted octanol–water partition coefficient (Wildman–Crippen LogP) is 4.07. The zero-order valence-corrected chi connectivity index (χ0v) is 14.7. The molecule has 118 valence electrons. The van der Waals surface area contributed by atoms with Crippen LogP contribution in [0.1, 0.15) is 70.4 Å². The minimum Gasteiger partial charge on any atom is -0.345 e. The fourth-order valence-electron chi connectivity index (χ4n) is 3.20. The second-order valence-corrected chi connectivity index (χ2v) is 8.63. The molecule has 1 atom stereocenters. The van der Waals surface area contributed by atoms with Gasteiger partial charge in [0.1, 0.15) is 0 Å². The van der Waals surface area contributed by atoms with E-state index in [9.17, 15) is 0 Å². The van der Waals surface area contributed by atoms with Crippen molar-refractivity contribution < 1.29 is 0 Å². The Kier molecular flexibility index (Phi) is 4.28. The molecule has 0 spiro atoms. The molecule has 2 fully saturated rings. The van der Waals surface area contributed by atoms with Crippen LogP contribution in [0.5, 0.6) is 0 Å². The largest absolute Gasteiger partial charge is 0.345 e. The summed E-state index contributed by atoms with van der Waals surface area (Å²) in [6.07, 6.45) is 6.58. The molecular formula is C17H29N3S. The van der Waals surface area contributed by atoms with Gasteiger partial charge in [-0.2, -0.15) is 0 Å². The van der Waals surface area contributed by atoms with Crippen LogP contribution in [0.15, 0.2) is 0 Å². The lowest BCUT2D eigenvalue weighted by Gasteiger charge is -2.23. The first kappa shape index (κ1) is 15.3. The van der Waals surface area contributed by atoms with Crippen LogP contribution < -0.4 is 10.2 Å². The molecule has 0 amide bonds. The van der Waals surface area contributed by atoms with Gasteiger partial charge in [0.2, 0.25) is 0 Å². The highest BCUT2D eigenvalue weighted by Crippen LogP contribution is 2.37. The molecule has 1 saturated heterocycles. The van der Waals surface area contributed by atoms with Crippen LogP contribution in [-0.2, 0) is 12.0 Å². The van der Waals surface area contributed by atoms with Gasteiger partial charge in [-0.1, -0.05) is 27.7 Å². The first-order valence-electron chi connectivity index (χ1n) is 8.49. The average molecular weight is 308 g/mol. The quantitative estimate of drug-likeness (QED) is 0.888. The van der Waals surface area contributed by atoms with Gasteiger partial charge in [-0.15, -0.1) is 11.3 Å². The van der Waals surface area contributed by atoms with Crippen LogP contribution in [-0.4, -0.2) is 23.6 Å². The van der Waals surface area contributed by atoms with Crippen LogP contribution in [0, 0.1) is 0 Å². The molecule has 0 aromatic carbocycles. The van der Waals surface area contributed by atoms with Gasteiger partial charge >= 0.3 is 0 Å². The summed E-state index contributed by atoms with van der Waals surface area (Å²) < 4.78 is 0. The standard InChI is InChI=1S/C17H29N3S/c1-5-13-7-6-10-20(13)16-19-15(17(2,3)4)14(21-16)11-18-12-8-9-12/h12-13,18H,5-11H2,1-4H3. The Balaban J connectivity index is 1.83. The first-order chi connectivity index (χ1) is 9.99. The third kappa shape index (κ3) is 3.42. The molecule has 1 unspecified atom stereocenters. The van der Waals surface area contributed by atoms with Gasteiger partial charge in [0, 0.05) is 35.5 Å². The lowest BCUT2D eigenvalue weighted by atomic mass is 9.91. The van der Waals surface area contributed by atoms with E-state index in [0.717, 1.165) is 12.6 Å². The van der Waals surface area contributed by atoms with Crippen LogP contribution >= 0.6 is 11.3 Å². The number of hydrogen-bond acceptors (Lipinski definition) is 4. The second kappa shape index (κ2) is 5.88. The van der Waals surface area contributed by atoms with Gasteiger partial charge in [0.15, 0.2) is 5.13 Å².